The summed E-state index contributed by atoms with van der Waals surface area (Å²) in [5, 5.41) is 0. The number of ether oxygens (including phenoxy) is 1. The SMILES string of the molecule is C=Cc1ccc(C)cc1COC(C)CCCCCC. The minimum absolute atomic E-state index is 0.343. The van der Waals surface area contributed by atoms with Crippen molar-refractivity contribution < 1.29 is 4.74 Å². The summed E-state index contributed by atoms with van der Waals surface area (Å²) in [5.74, 6) is 0. The van der Waals surface area contributed by atoms with E-state index in [1.165, 1.54) is 42.4 Å². The summed E-state index contributed by atoms with van der Waals surface area (Å²) in [6.45, 7) is 11.1. The fraction of sp³-hybridized carbons (Fsp3) is 0.556. The van der Waals surface area contributed by atoms with Crippen LogP contribution in [0.3, 0.4) is 0 Å². The molecule has 0 spiro atoms. The second kappa shape index (κ2) is 8.92. The molecule has 1 nitrogen and oxygen atoms in total. The molecule has 1 aromatic rings. The zero-order chi connectivity index (χ0) is 14.1. The Labute approximate surface area is 118 Å². The van der Waals surface area contributed by atoms with E-state index in [0.29, 0.717) is 12.7 Å². The summed E-state index contributed by atoms with van der Waals surface area (Å²) >= 11 is 0. The Bertz CT molecular complexity index is 381. The molecule has 0 fully saturated rings. The van der Waals surface area contributed by atoms with Gasteiger partial charge in [0.1, 0.15) is 0 Å². The van der Waals surface area contributed by atoms with Crippen molar-refractivity contribution in [3.63, 3.8) is 0 Å². The van der Waals surface area contributed by atoms with Crippen LogP contribution in [0.15, 0.2) is 24.8 Å². The molecule has 0 heterocycles. The summed E-state index contributed by atoms with van der Waals surface area (Å²) in [5.41, 5.74) is 3.71. The molecule has 1 heteroatoms. The van der Waals surface area contributed by atoms with Crippen LogP contribution in [0.25, 0.3) is 6.08 Å². The van der Waals surface area contributed by atoms with Crippen LogP contribution in [0.5, 0.6) is 0 Å². The lowest BCUT2D eigenvalue weighted by atomic mass is 10.0. The summed E-state index contributed by atoms with van der Waals surface area (Å²) in [6.07, 6.45) is 8.64. The maximum absolute atomic E-state index is 5.96. The molecule has 0 amide bonds. The third-order valence-corrected chi connectivity index (χ3v) is 3.51. The molecule has 0 aliphatic heterocycles. The summed E-state index contributed by atoms with van der Waals surface area (Å²) in [6, 6.07) is 6.43. The van der Waals surface area contributed by atoms with E-state index in [0.717, 1.165) is 6.42 Å². The van der Waals surface area contributed by atoms with E-state index in [1.807, 2.05) is 6.08 Å². The van der Waals surface area contributed by atoms with Gasteiger partial charge in [-0.2, -0.15) is 0 Å². The minimum Gasteiger partial charge on any atom is -0.374 e. The largest absolute Gasteiger partial charge is 0.374 e. The summed E-state index contributed by atoms with van der Waals surface area (Å²) < 4.78 is 5.96. The number of unbranched alkanes of at least 4 members (excludes halogenated alkanes) is 3. The molecule has 0 aromatic heterocycles. The van der Waals surface area contributed by atoms with Gasteiger partial charge in [-0.05, 0) is 31.4 Å². The molecular formula is C18H28O. The van der Waals surface area contributed by atoms with E-state index in [9.17, 15) is 0 Å². The van der Waals surface area contributed by atoms with Crippen LogP contribution in [-0.4, -0.2) is 6.10 Å². The lowest BCUT2D eigenvalue weighted by molar-refractivity contribution is 0.0458. The van der Waals surface area contributed by atoms with Gasteiger partial charge in [0.05, 0.1) is 12.7 Å². The van der Waals surface area contributed by atoms with Gasteiger partial charge in [-0.3, -0.25) is 0 Å². The third-order valence-electron chi connectivity index (χ3n) is 3.51. The minimum atomic E-state index is 0.343. The van der Waals surface area contributed by atoms with E-state index in [-0.39, 0.29) is 0 Å². The van der Waals surface area contributed by atoms with Crippen LogP contribution in [0.1, 0.15) is 62.6 Å². The lowest BCUT2D eigenvalue weighted by Crippen LogP contribution is -2.08. The molecule has 0 radical (unpaired) electrons. The number of hydrogen-bond donors (Lipinski definition) is 0. The maximum Gasteiger partial charge on any atom is 0.0726 e. The highest BCUT2D eigenvalue weighted by Crippen LogP contribution is 2.16. The smallest absolute Gasteiger partial charge is 0.0726 e. The van der Waals surface area contributed by atoms with E-state index in [2.05, 4.69) is 45.5 Å². The molecule has 0 bridgehead atoms. The van der Waals surface area contributed by atoms with Crippen LogP contribution < -0.4 is 0 Å². The predicted molar refractivity (Wildman–Crippen MR) is 84.3 cm³/mol. The van der Waals surface area contributed by atoms with E-state index < -0.39 is 0 Å². The molecule has 1 rings (SSSR count). The summed E-state index contributed by atoms with van der Waals surface area (Å²) in [7, 11) is 0. The zero-order valence-corrected chi connectivity index (χ0v) is 12.7. The van der Waals surface area contributed by atoms with Crippen LogP contribution in [-0.2, 0) is 11.3 Å². The standard InChI is InChI=1S/C18H28O/c1-5-7-8-9-10-16(4)19-14-18-13-15(3)11-12-17(18)6-2/h6,11-13,16H,2,5,7-10,14H2,1,3-4H3. The first-order chi connectivity index (χ1) is 9.17. The maximum atomic E-state index is 5.96. The van der Waals surface area contributed by atoms with Crippen molar-refractivity contribution in [2.24, 2.45) is 0 Å². The van der Waals surface area contributed by atoms with Gasteiger partial charge in [-0.1, -0.05) is 69.0 Å². The average molecular weight is 260 g/mol. The molecule has 0 aliphatic rings. The van der Waals surface area contributed by atoms with E-state index >= 15 is 0 Å². The first kappa shape index (κ1) is 16.0. The molecule has 1 unspecified atom stereocenters. The van der Waals surface area contributed by atoms with Crippen molar-refractivity contribution in [2.45, 2.75) is 65.6 Å². The molecule has 1 aromatic carbocycles. The zero-order valence-electron chi connectivity index (χ0n) is 12.7. The highest BCUT2D eigenvalue weighted by molar-refractivity contribution is 5.52. The van der Waals surface area contributed by atoms with Crippen molar-refractivity contribution in [3.05, 3.63) is 41.5 Å². The number of rotatable bonds is 9. The third kappa shape index (κ3) is 6.07. The fourth-order valence-corrected chi connectivity index (χ4v) is 2.23. The van der Waals surface area contributed by atoms with Crippen LogP contribution in [0.2, 0.25) is 0 Å². The monoisotopic (exact) mass is 260 g/mol. The second-order valence-corrected chi connectivity index (χ2v) is 5.38. The van der Waals surface area contributed by atoms with E-state index in [4.69, 9.17) is 4.74 Å². The Morgan fingerprint density at radius 2 is 2.05 bits per heavy atom. The normalized spacial score (nSPS) is 12.4. The molecular weight excluding hydrogens is 232 g/mol. The second-order valence-electron chi connectivity index (χ2n) is 5.38. The molecule has 1 atom stereocenters. The van der Waals surface area contributed by atoms with E-state index in [1.54, 1.807) is 0 Å². The Morgan fingerprint density at radius 3 is 2.74 bits per heavy atom. The van der Waals surface area contributed by atoms with Gasteiger partial charge in [-0.25, -0.2) is 0 Å². The van der Waals surface area contributed by atoms with Gasteiger partial charge in [0.15, 0.2) is 0 Å². The average Bonchev–Trinajstić information content (AvgIpc) is 2.41. The number of aryl methyl sites for hydroxylation is 1. The van der Waals surface area contributed by atoms with Crippen molar-refractivity contribution in [1.82, 2.24) is 0 Å². The number of hydrogen-bond acceptors (Lipinski definition) is 1. The molecule has 19 heavy (non-hydrogen) atoms. The first-order valence-electron chi connectivity index (χ1n) is 7.51. The van der Waals surface area contributed by atoms with Crippen molar-refractivity contribution in [3.8, 4) is 0 Å². The highest BCUT2D eigenvalue weighted by Gasteiger charge is 2.05. The lowest BCUT2D eigenvalue weighted by Gasteiger charge is -2.14. The van der Waals surface area contributed by atoms with Gasteiger partial charge in [0, 0.05) is 0 Å². The quantitative estimate of drug-likeness (QED) is 0.532. The predicted octanol–water partition coefficient (Wildman–Crippen LogP) is 5.51. The molecule has 0 saturated heterocycles. The number of benzene rings is 1. The highest BCUT2D eigenvalue weighted by atomic mass is 16.5. The van der Waals surface area contributed by atoms with Gasteiger partial charge in [0.2, 0.25) is 0 Å². The fourth-order valence-electron chi connectivity index (χ4n) is 2.23. The Balaban J connectivity index is 2.39. The topological polar surface area (TPSA) is 9.23 Å². The first-order valence-corrected chi connectivity index (χ1v) is 7.51. The Kier molecular flexibility index (Phi) is 7.50. The Hall–Kier alpha value is -1.08. The van der Waals surface area contributed by atoms with Crippen LogP contribution in [0.4, 0.5) is 0 Å². The van der Waals surface area contributed by atoms with Gasteiger partial charge < -0.3 is 4.74 Å². The van der Waals surface area contributed by atoms with Crippen LogP contribution in [0, 0.1) is 6.92 Å². The van der Waals surface area contributed by atoms with Gasteiger partial charge >= 0.3 is 0 Å². The molecule has 0 aliphatic carbocycles. The van der Waals surface area contributed by atoms with Crippen LogP contribution >= 0.6 is 0 Å². The molecule has 0 saturated carbocycles. The van der Waals surface area contributed by atoms with Gasteiger partial charge in [0.25, 0.3) is 0 Å². The van der Waals surface area contributed by atoms with Gasteiger partial charge in [-0.15, -0.1) is 0 Å². The van der Waals surface area contributed by atoms with Crippen molar-refractivity contribution in [2.75, 3.05) is 0 Å². The molecule has 0 N–H and O–H groups in total. The Morgan fingerprint density at radius 1 is 1.26 bits per heavy atom. The van der Waals surface area contributed by atoms with Crippen molar-refractivity contribution in [1.29, 1.82) is 0 Å². The summed E-state index contributed by atoms with van der Waals surface area (Å²) in [4.78, 5) is 0. The molecule has 106 valence electrons. The van der Waals surface area contributed by atoms with Crippen molar-refractivity contribution >= 4 is 6.08 Å².